The monoisotopic (exact) mass is 369 g/mol. The molecule has 1 aromatic heterocycles. The Balaban J connectivity index is 1.53. The molecule has 27 heavy (non-hydrogen) atoms. The number of nitrogens with zero attached hydrogens (tertiary/aromatic N) is 2. The molecule has 0 spiro atoms. The van der Waals surface area contributed by atoms with Crippen LogP contribution in [0.2, 0.25) is 0 Å². The Morgan fingerprint density at radius 1 is 1.11 bits per heavy atom. The van der Waals surface area contributed by atoms with E-state index < -0.39 is 5.97 Å². The number of aromatic amines is 1. The summed E-state index contributed by atoms with van der Waals surface area (Å²) in [6.07, 6.45) is 5.63. The fourth-order valence-corrected chi connectivity index (χ4v) is 4.31. The van der Waals surface area contributed by atoms with E-state index in [9.17, 15) is 14.4 Å². The van der Waals surface area contributed by atoms with Crippen LogP contribution in [-0.2, 0) is 16.0 Å². The molecular formula is C20H23N3O4. The van der Waals surface area contributed by atoms with Gasteiger partial charge in [-0.3, -0.25) is 19.5 Å². The lowest BCUT2D eigenvalue weighted by atomic mass is 10.0. The second-order valence-corrected chi connectivity index (χ2v) is 7.28. The number of rotatable bonds is 4. The van der Waals surface area contributed by atoms with E-state index in [1.54, 1.807) is 24.3 Å². The summed E-state index contributed by atoms with van der Waals surface area (Å²) in [7, 11) is 1.31. The van der Waals surface area contributed by atoms with Crippen molar-refractivity contribution < 1.29 is 14.3 Å². The van der Waals surface area contributed by atoms with Gasteiger partial charge < -0.3 is 9.64 Å². The zero-order chi connectivity index (χ0) is 19.0. The minimum absolute atomic E-state index is 0.00699. The molecule has 0 aliphatic carbocycles. The molecule has 2 fully saturated rings. The van der Waals surface area contributed by atoms with Gasteiger partial charge in [-0.25, -0.2) is 4.68 Å². The smallest absolute Gasteiger partial charge is 0.311 e. The van der Waals surface area contributed by atoms with Gasteiger partial charge in [-0.05, 0) is 56.4 Å². The molecular weight excluding hydrogens is 346 g/mol. The molecule has 0 saturated carbocycles. The Hall–Kier alpha value is -2.83. The number of fused-ring (bicyclic) bond motifs is 2. The Labute approximate surface area is 156 Å². The summed E-state index contributed by atoms with van der Waals surface area (Å²) in [5.74, 6) is -0.334. The topological polar surface area (TPSA) is 84.4 Å². The third-order valence-corrected chi connectivity index (χ3v) is 5.64. The number of piperidine rings is 1. The number of aromatic nitrogens is 2. The van der Waals surface area contributed by atoms with Crippen LogP contribution >= 0.6 is 0 Å². The van der Waals surface area contributed by atoms with Crippen LogP contribution in [0.4, 0.5) is 0 Å². The number of H-pyrrole nitrogens is 1. The number of nitrogens with one attached hydrogen (secondary N) is 1. The number of hydrogen-bond acceptors (Lipinski definition) is 4. The van der Waals surface area contributed by atoms with Gasteiger partial charge in [0, 0.05) is 29.4 Å². The van der Waals surface area contributed by atoms with E-state index >= 15 is 0 Å². The average molecular weight is 369 g/mol. The van der Waals surface area contributed by atoms with Gasteiger partial charge in [0.05, 0.1) is 19.2 Å². The molecule has 7 heteroatoms. The van der Waals surface area contributed by atoms with Crippen molar-refractivity contribution in [2.24, 2.45) is 0 Å². The number of carbonyl (C=O) groups is 2. The minimum atomic E-state index is -0.416. The first-order valence-electron chi connectivity index (χ1n) is 9.37. The molecule has 4 rings (SSSR count). The largest absolute Gasteiger partial charge is 0.469 e. The molecule has 7 nitrogen and oxygen atoms in total. The lowest BCUT2D eigenvalue weighted by Gasteiger charge is -2.34. The highest BCUT2D eigenvalue weighted by molar-refractivity contribution is 5.95. The number of carbonyl (C=O) groups excluding carboxylic acids is 2. The van der Waals surface area contributed by atoms with E-state index in [2.05, 4.69) is 14.7 Å². The van der Waals surface area contributed by atoms with E-state index in [4.69, 9.17) is 0 Å². The van der Waals surface area contributed by atoms with Crippen molar-refractivity contribution in [3.05, 3.63) is 51.9 Å². The first kappa shape index (κ1) is 17.6. The lowest BCUT2D eigenvalue weighted by molar-refractivity contribution is -0.139. The van der Waals surface area contributed by atoms with Gasteiger partial charge in [0.25, 0.3) is 11.5 Å². The molecule has 1 N–H and O–H groups in total. The summed E-state index contributed by atoms with van der Waals surface area (Å²) in [5, 5.41) is 2.91. The normalized spacial score (nSPS) is 21.3. The van der Waals surface area contributed by atoms with Crippen molar-refractivity contribution >= 4 is 11.9 Å². The predicted octanol–water partition coefficient (Wildman–Crippen LogP) is 2.04. The maximum atomic E-state index is 12.9. The van der Waals surface area contributed by atoms with Gasteiger partial charge in [0.15, 0.2) is 0 Å². The van der Waals surface area contributed by atoms with E-state index in [-0.39, 0.29) is 17.9 Å². The van der Waals surface area contributed by atoms with Crippen molar-refractivity contribution in [3.63, 3.8) is 0 Å². The fourth-order valence-electron chi connectivity index (χ4n) is 4.31. The fraction of sp³-hybridized carbons (Fsp3) is 0.450. The quantitative estimate of drug-likeness (QED) is 0.836. The first-order chi connectivity index (χ1) is 13.1. The van der Waals surface area contributed by atoms with E-state index in [1.165, 1.54) is 24.3 Å². The highest BCUT2D eigenvalue weighted by atomic mass is 16.5. The summed E-state index contributed by atoms with van der Waals surface area (Å²) >= 11 is 0. The second kappa shape index (κ2) is 7.06. The van der Waals surface area contributed by atoms with Crippen LogP contribution in [-0.4, -0.2) is 45.8 Å². The van der Waals surface area contributed by atoms with E-state index in [0.717, 1.165) is 25.7 Å². The third kappa shape index (κ3) is 3.29. The molecule has 2 bridgehead atoms. The highest BCUT2D eigenvalue weighted by Gasteiger charge is 2.39. The molecule has 1 amide bonds. The van der Waals surface area contributed by atoms with Crippen molar-refractivity contribution in [3.8, 4) is 5.69 Å². The van der Waals surface area contributed by atoms with E-state index in [0.29, 0.717) is 29.0 Å². The van der Waals surface area contributed by atoms with Crippen molar-refractivity contribution in [2.45, 2.75) is 50.6 Å². The van der Waals surface area contributed by atoms with Crippen molar-refractivity contribution in [1.82, 2.24) is 14.7 Å². The van der Waals surface area contributed by atoms with Crippen LogP contribution in [0.1, 0.15) is 48.2 Å². The molecule has 2 aromatic rings. The maximum absolute atomic E-state index is 12.9. The molecule has 2 saturated heterocycles. The molecule has 0 radical (unpaired) electrons. The SMILES string of the molecule is COC(=O)Cc1cc(=O)n(-c2ccc(C(=O)N3C4CCCC3CC4)cc2)[nH]1. The number of ether oxygens (including phenoxy) is 1. The molecule has 1 aromatic carbocycles. The predicted molar refractivity (Wildman–Crippen MR) is 98.9 cm³/mol. The van der Waals surface area contributed by atoms with Crippen molar-refractivity contribution in [1.29, 1.82) is 0 Å². The van der Waals surface area contributed by atoms with Gasteiger partial charge in [-0.15, -0.1) is 0 Å². The van der Waals surface area contributed by atoms with Gasteiger partial charge >= 0.3 is 5.97 Å². The second-order valence-electron chi connectivity index (χ2n) is 7.28. The van der Waals surface area contributed by atoms with Crippen LogP contribution in [0.15, 0.2) is 35.1 Å². The van der Waals surface area contributed by atoms with Gasteiger partial charge in [0.1, 0.15) is 0 Å². The molecule has 2 aliphatic rings. The Bertz CT molecular complexity index is 896. The summed E-state index contributed by atoms with van der Waals surface area (Å²) in [5.41, 5.74) is 1.49. The Morgan fingerprint density at radius 2 is 1.78 bits per heavy atom. The number of amides is 1. The average Bonchev–Trinajstić information content (AvgIpc) is 3.16. The minimum Gasteiger partial charge on any atom is -0.469 e. The lowest BCUT2D eigenvalue weighted by Crippen LogP contribution is -2.43. The summed E-state index contributed by atoms with van der Waals surface area (Å²) < 4.78 is 5.98. The van der Waals surface area contributed by atoms with Crippen LogP contribution in [0.25, 0.3) is 5.69 Å². The maximum Gasteiger partial charge on any atom is 0.311 e. The van der Waals surface area contributed by atoms with Gasteiger partial charge in [-0.1, -0.05) is 0 Å². The van der Waals surface area contributed by atoms with Crippen molar-refractivity contribution in [2.75, 3.05) is 7.11 Å². The Morgan fingerprint density at radius 3 is 2.41 bits per heavy atom. The van der Waals surface area contributed by atoms with E-state index in [1.807, 2.05) is 0 Å². The van der Waals surface area contributed by atoms with Crippen LogP contribution in [0, 0.1) is 0 Å². The van der Waals surface area contributed by atoms with Gasteiger partial charge in [-0.2, -0.15) is 0 Å². The molecule has 2 atom stereocenters. The summed E-state index contributed by atoms with van der Waals surface area (Å²) in [4.78, 5) is 38.5. The first-order valence-corrected chi connectivity index (χ1v) is 9.37. The molecule has 2 unspecified atom stereocenters. The number of hydrogen-bond donors (Lipinski definition) is 1. The van der Waals surface area contributed by atoms with Crippen LogP contribution in [0.5, 0.6) is 0 Å². The number of methoxy groups -OCH3 is 1. The highest BCUT2D eigenvalue weighted by Crippen LogP contribution is 2.36. The molecule has 3 heterocycles. The zero-order valence-corrected chi connectivity index (χ0v) is 15.3. The van der Waals surface area contributed by atoms with Crippen LogP contribution in [0.3, 0.4) is 0 Å². The number of esters is 1. The Kier molecular flexibility index (Phi) is 4.59. The number of benzene rings is 1. The van der Waals surface area contributed by atoms with Crippen LogP contribution < -0.4 is 5.56 Å². The zero-order valence-electron chi connectivity index (χ0n) is 15.3. The summed E-state index contributed by atoms with van der Waals surface area (Å²) in [6, 6.07) is 9.16. The molecule has 142 valence electrons. The summed E-state index contributed by atoms with van der Waals surface area (Å²) in [6.45, 7) is 0. The van der Waals surface area contributed by atoms with Gasteiger partial charge in [0.2, 0.25) is 0 Å². The molecule has 2 aliphatic heterocycles. The third-order valence-electron chi connectivity index (χ3n) is 5.64. The standard InChI is InChI=1S/C20H23N3O4/c1-27-19(25)12-14-11-18(24)23(21-14)17-7-5-13(6-8-17)20(26)22-15-3-2-4-16(22)10-9-15/h5-8,11,15-16,21H,2-4,9-10,12H2,1H3.